The maximum absolute atomic E-state index is 10.6. The second kappa shape index (κ2) is 2.95. The predicted molar refractivity (Wildman–Crippen MR) is 51.9 cm³/mol. The van der Waals surface area contributed by atoms with Crippen LogP contribution in [0.5, 0.6) is 0 Å². The summed E-state index contributed by atoms with van der Waals surface area (Å²) in [7, 11) is 0. The monoisotopic (exact) mass is 189 g/mol. The molecule has 0 saturated heterocycles. The first-order valence-corrected chi connectivity index (χ1v) is 3.96. The Bertz CT molecular complexity index is 516. The molecule has 0 fully saturated rings. The van der Waals surface area contributed by atoms with Gasteiger partial charge in [-0.15, -0.1) is 0 Å². The van der Waals surface area contributed by atoms with E-state index >= 15 is 0 Å². The van der Waals surface area contributed by atoms with E-state index in [2.05, 4.69) is 11.6 Å². The van der Waals surface area contributed by atoms with Gasteiger partial charge in [-0.2, -0.15) is 0 Å². The molecule has 0 aliphatic rings. The molecule has 0 amide bonds. The number of nitro groups is 1. The third-order valence-electron chi connectivity index (χ3n) is 1.93. The van der Waals surface area contributed by atoms with Crippen molar-refractivity contribution in [3.8, 4) is 0 Å². The third kappa shape index (κ3) is 1.15. The zero-order chi connectivity index (χ0) is 10.1. The van der Waals surface area contributed by atoms with Crippen LogP contribution in [0.25, 0.3) is 11.7 Å². The highest BCUT2D eigenvalue weighted by atomic mass is 16.6. The van der Waals surface area contributed by atoms with Gasteiger partial charge in [0.1, 0.15) is 5.65 Å². The molecule has 2 aromatic heterocycles. The quantitative estimate of drug-likeness (QED) is 0.535. The second-order valence-electron chi connectivity index (χ2n) is 2.77. The summed E-state index contributed by atoms with van der Waals surface area (Å²) in [5.41, 5.74) is 1.36. The second-order valence-corrected chi connectivity index (χ2v) is 2.77. The van der Waals surface area contributed by atoms with Gasteiger partial charge in [-0.25, -0.2) is 4.98 Å². The summed E-state index contributed by atoms with van der Waals surface area (Å²) >= 11 is 0. The van der Waals surface area contributed by atoms with Gasteiger partial charge in [0.05, 0.1) is 11.1 Å². The van der Waals surface area contributed by atoms with E-state index in [4.69, 9.17) is 0 Å². The van der Waals surface area contributed by atoms with Crippen LogP contribution in [0.2, 0.25) is 0 Å². The lowest BCUT2D eigenvalue weighted by molar-refractivity contribution is -0.385. The van der Waals surface area contributed by atoms with Gasteiger partial charge in [-0.1, -0.05) is 12.7 Å². The van der Waals surface area contributed by atoms with Crippen molar-refractivity contribution in [2.45, 2.75) is 0 Å². The first-order valence-electron chi connectivity index (χ1n) is 3.96. The van der Waals surface area contributed by atoms with Gasteiger partial charge in [0, 0.05) is 24.0 Å². The molecule has 2 rings (SSSR count). The highest BCUT2D eigenvalue weighted by Crippen LogP contribution is 2.18. The van der Waals surface area contributed by atoms with Gasteiger partial charge in [-0.05, 0) is 0 Å². The minimum Gasteiger partial charge on any atom is -0.300 e. The number of hydrogen-bond acceptors (Lipinski definition) is 3. The highest BCUT2D eigenvalue weighted by Gasteiger charge is 2.10. The lowest BCUT2D eigenvalue weighted by Gasteiger charge is -1.98. The summed E-state index contributed by atoms with van der Waals surface area (Å²) in [4.78, 5) is 14.2. The van der Waals surface area contributed by atoms with E-state index in [0.29, 0.717) is 11.2 Å². The number of rotatable bonds is 2. The average Bonchev–Trinajstić information content (AvgIpc) is 2.63. The molecule has 5 heteroatoms. The summed E-state index contributed by atoms with van der Waals surface area (Å²) in [5.74, 6) is 0. The number of pyridine rings is 1. The van der Waals surface area contributed by atoms with Crippen LogP contribution in [-0.2, 0) is 0 Å². The lowest BCUT2D eigenvalue weighted by Crippen LogP contribution is -1.93. The van der Waals surface area contributed by atoms with Crippen molar-refractivity contribution >= 4 is 17.4 Å². The molecule has 0 spiro atoms. The molecule has 0 unspecified atom stereocenters. The van der Waals surface area contributed by atoms with Gasteiger partial charge < -0.3 is 0 Å². The van der Waals surface area contributed by atoms with Crippen molar-refractivity contribution in [3.63, 3.8) is 0 Å². The van der Waals surface area contributed by atoms with Crippen LogP contribution in [0.1, 0.15) is 5.56 Å². The molecule has 0 N–H and O–H groups in total. The third-order valence-corrected chi connectivity index (χ3v) is 1.93. The number of imidazole rings is 1. The van der Waals surface area contributed by atoms with Crippen LogP contribution in [0.3, 0.4) is 0 Å². The van der Waals surface area contributed by atoms with Crippen molar-refractivity contribution in [1.29, 1.82) is 0 Å². The standard InChI is InChI=1S/C9H7N3O2/c1-2-7-5-8(12(13)14)6-11-4-3-10-9(7)11/h2-6H,1H2. The minimum atomic E-state index is -0.438. The molecule has 2 aromatic rings. The van der Waals surface area contributed by atoms with E-state index in [0.717, 1.165) is 0 Å². The fourth-order valence-electron chi connectivity index (χ4n) is 1.29. The fourth-order valence-corrected chi connectivity index (χ4v) is 1.29. The number of aromatic nitrogens is 2. The largest absolute Gasteiger partial charge is 0.300 e. The van der Waals surface area contributed by atoms with Gasteiger partial charge in [-0.3, -0.25) is 14.5 Å². The van der Waals surface area contributed by atoms with E-state index in [1.165, 1.54) is 12.3 Å². The van der Waals surface area contributed by atoms with Crippen molar-refractivity contribution < 1.29 is 4.92 Å². The predicted octanol–water partition coefficient (Wildman–Crippen LogP) is 1.89. The number of fused-ring (bicyclic) bond motifs is 1. The summed E-state index contributed by atoms with van der Waals surface area (Å²) in [5, 5.41) is 10.6. The Hall–Kier alpha value is -2.17. The normalized spacial score (nSPS) is 10.3. The van der Waals surface area contributed by atoms with E-state index < -0.39 is 4.92 Å². The topological polar surface area (TPSA) is 60.4 Å². The molecule has 0 atom stereocenters. The van der Waals surface area contributed by atoms with Crippen LogP contribution in [0.4, 0.5) is 5.69 Å². The van der Waals surface area contributed by atoms with Crippen molar-refractivity contribution in [2.75, 3.05) is 0 Å². The Morgan fingerprint density at radius 1 is 1.64 bits per heavy atom. The van der Waals surface area contributed by atoms with E-state index in [9.17, 15) is 10.1 Å². The van der Waals surface area contributed by atoms with Crippen LogP contribution >= 0.6 is 0 Å². The van der Waals surface area contributed by atoms with E-state index in [-0.39, 0.29) is 5.69 Å². The van der Waals surface area contributed by atoms with Gasteiger partial charge >= 0.3 is 0 Å². The molecule has 14 heavy (non-hydrogen) atoms. The van der Waals surface area contributed by atoms with E-state index in [1.54, 1.807) is 22.9 Å². The van der Waals surface area contributed by atoms with Crippen molar-refractivity contribution in [3.05, 3.63) is 46.9 Å². The van der Waals surface area contributed by atoms with Gasteiger partial charge in [0.15, 0.2) is 0 Å². The molecular weight excluding hydrogens is 182 g/mol. The van der Waals surface area contributed by atoms with E-state index in [1.807, 2.05) is 0 Å². The zero-order valence-corrected chi connectivity index (χ0v) is 7.25. The first-order chi connectivity index (χ1) is 6.72. The SMILES string of the molecule is C=Cc1cc([N+](=O)[O-])cn2ccnc12. The molecule has 0 saturated carbocycles. The molecule has 0 aliphatic carbocycles. The molecular formula is C9H7N3O2. The van der Waals surface area contributed by atoms with Crippen LogP contribution < -0.4 is 0 Å². The van der Waals surface area contributed by atoms with Crippen LogP contribution in [0, 0.1) is 10.1 Å². The Labute approximate surface area is 79.5 Å². The Morgan fingerprint density at radius 2 is 2.43 bits per heavy atom. The van der Waals surface area contributed by atoms with Crippen molar-refractivity contribution in [2.24, 2.45) is 0 Å². The van der Waals surface area contributed by atoms with Gasteiger partial charge in [0.25, 0.3) is 5.69 Å². The average molecular weight is 189 g/mol. The molecule has 2 heterocycles. The molecule has 5 nitrogen and oxygen atoms in total. The fraction of sp³-hybridized carbons (Fsp3) is 0. The Balaban J connectivity index is 2.79. The Kier molecular flexibility index (Phi) is 1.78. The van der Waals surface area contributed by atoms with Crippen LogP contribution in [-0.4, -0.2) is 14.3 Å². The van der Waals surface area contributed by atoms with Crippen molar-refractivity contribution in [1.82, 2.24) is 9.38 Å². The number of hydrogen-bond donors (Lipinski definition) is 0. The maximum Gasteiger partial charge on any atom is 0.286 e. The Morgan fingerprint density at radius 3 is 3.07 bits per heavy atom. The smallest absolute Gasteiger partial charge is 0.286 e. The van der Waals surface area contributed by atoms with Crippen LogP contribution in [0.15, 0.2) is 31.2 Å². The summed E-state index contributed by atoms with van der Waals surface area (Å²) in [6, 6.07) is 1.45. The molecule has 0 aromatic carbocycles. The minimum absolute atomic E-state index is 0.0328. The molecule has 70 valence electrons. The molecule has 0 bridgehead atoms. The summed E-state index contributed by atoms with van der Waals surface area (Å²) < 4.78 is 1.61. The molecule has 0 aliphatic heterocycles. The van der Waals surface area contributed by atoms with Gasteiger partial charge in [0.2, 0.25) is 0 Å². The highest BCUT2D eigenvalue weighted by molar-refractivity contribution is 5.66. The molecule has 0 radical (unpaired) electrons. The summed E-state index contributed by atoms with van der Waals surface area (Å²) in [6.45, 7) is 3.59. The maximum atomic E-state index is 10.6. The summed E-state index contributed by atoms with van der Waals surface area (Å²) in [6.07, 6.45) is 6.23. The lowest BCUT2D eigenvalue weighted by atomic mass is 10.2. The number of nitrogens with zero attached hydrogens (tertiary/aromatic N) is 3. The zero-order valence-electron chi connectivity index (χ0n) is 7.25. The first kappa shape index (κ1) is 8.43.